The molecule has 28 heavy (non-hydrogen) atoms. The van der Waals surface area contributed by atoms with Gasteiger partial charge in [-0.15, -0.1) is 11.3 Å². The normalized spacial score (nSPS) is 12.1. The summed E-state index contributed by atoms with van der Waals surface area (Å²) < 4.78 is 27.9. The lowest BCUT2D eigenvalue weighted by molar-refractivity contribution is -0.148. The quantitative estimate of drug-likeness (QED) is 0.565. The van der Waals surface area contributed by atoms with Gasteiger partial charge in [0.05, 0.1) is 9.77 Å². The van der Waals surface area contributed by atoms with E-state index in [0.717, 1.165) is 0 Å². The van der Waals surface area contributed by atoms with E-state index in [1.54, 1.807) is 24.4 Å². The molecule has 1 aromatic carbocycles. The molecular weight excluding hydrogens is 406 g/mol. The summed E-state index contributed by atoms with van der Waals surface area (Å²) in [6, 6.07) is 6.57. The standard InChI is InChI=1S/C17H19N3O6S2/c1-10-5-6-12(8-14(10)28(18,24)25)20-15(21)9-26-17(23)11(2)19-16(22)13-4-3-7-27-13/h3-8,11H,9H2,1-2H3,(H,19,22)(H,20,21)(H2,18,24,25). The summed E-state index contributed by atoms with van der Waals surface area (Å²) in [4.78, 5) is 36.1. The number of carbonyl (C=O) groups excluding carboxylic acids is 3. The molecule has 0 saturated carbocycles. The zero-order valence-corrected chi connectivity index (χ0v) is 16.7. The first-order valence-corrected chi connectivity index (χ1v) is 10.4. The molecule has 1 heterocycles. The highest BCUT2D eigenvalue weighted by atomic mass is 32.2. The number of sulfonamides is 1. The smallest absolute Gasteiger partial charge is 0.328 e. The second kappa shape index (κ2) is 8.95. The molecule has 1 unspecified atom stereocenters. The van der Waals surface area contributed by atoms with Crippen molar-refractivity contribution in [3.8, 4) is 0 Å². The highest BCUT2D eigenvalue weighted by Crippen LogP contribution is 2.19. The summed E-state index contributed by atoms with van der Waals surface area (Å²) >= 11 is 1.23. The molecule has 0 spiro atoms. The third kappa shape index (κ3) is 5.87. The highest BCUT2D eigenvalue weighted by molar-refractivity contribution is 7.89. The number of hydrogen-bond donors (Lipinski definition) is 3. The van der Waals surface area contributed by atoms with Crippen LogP contribution in [0.3, 0.4) is 0 Å². The molecule has 0 aliphatic carbocycles. The van der Waals surface area contributed by atoms with Crippen molar-refractivity contribution in [3.05, 3.63) is 46.2 Å². The predicted octanol–water partition coefficient (Wildman–Crippen LogP) is 1.00. The van der Waals surface area contributed by atoms with Gasteiger partial charge in [0.25, 0.3) is 11.8 Å². The van der Waals surface area contributed by atoms with Crippen molar-refractivity contribution in [2.75, 3.05) is 11.9 Å². The summed E-state index contributed by atoms with van der Waals surface area (Å²) in [5, 5.41) is 11.7. The van der Waals surface area contributed by atoms with Crippen LogP contribution in [0.2, 0.25) is 0 Å². The molecule has 0 aliphatic heterocycles. The van der Waals surface area contributed by atoms with Gasteiger partial charge in [-0.05, 0) is 43.0 Å². The number of carbonyl (C=O) groups is 3. The van der Waals surface area contributed by atoms with Crippen molar-refractivity contribution in [1.29, 1.82) is 0 Å². The first-order valence-electron chi connectivity index (χ1n) is 8.02. The molecule has 11 heteroatoms. The number of ether oxygens (including phenoxy) is 1. The van der Waals surface area contributed by atoms with Gasteiger partial charge in [0.15, 0.2) is 6.61 Å². The van der Waals surface area contributed by atoms with Crippen molar-refractivity contribution in [2.45, 2.75) is 24.8 Å². The van der Waals surface area contributed by atoms with Crippen LogP contribution in [0.25, 0.3) is 0 Å². The van der Waals surface area contributed by atoms with Crippen LogP contribution in [0, 0.1) is 6.92 Å². The number of primary sulfonamides is 1. The SMILES string of the molecule is Cc1ccc(NC(=O)COC(=O)C(C)NC(=O)c2cccs2)cc1S(N)(=O)=O. The Kier molecular flexibility index (Phi) is 6.89. The van der Waals surface area contributed by atoms with Crippen LogP contribution in [0.15, 0.2) is 40.6 Å². The van der Waals surface area contributed by atoms with E-state index in [4.69, 9.17) is 9.88 Å². The monoisotopic (exact) mass is 425 g/mol. The average Bonchev–Trinajstić information content (AvgIpc) is 3.15. The second-order valence-electron chi connectivity index (χ2n) is 5.85. The molecule has 0 radical (unpaired) electrons. The van der Waals surface area contributed by atoms with Gasteiger partial charge in [-0.25, -0.2) is 18.4 Å². The molecule has 2 aromatic rings. The number of nitrogens with one attached hydrogen (secondary N) is 2. The van der Waals surface area contributed by atoms with E-state index in [-0.39, 0.29) is 10.6 Å². The van der Waals surface area contributed by atoms with E-state index in [1.807, 2.05) is 0 Å². The maximum absolute atomic E-state index is 11.9. The van der Waals surface area contributed by atoms with Crippen LogP contribution in [0.4, 0.5) is 5.69 Å². The van der Waals surface area contributed by atoms with Gasteiger partial charge in [0.2, 0.25) is 10.0 Å². The lowest BCUT2D eigenvalue weighted by atomic mass is 10.2. The second-order valence-corrected chi connectivity index (χ2v) is 8.33. The number of benzene rings is 1. The Morgan fingerprint density at radius 2 is 1.96 bits per heavy atom. The molecule has 1 aromatic heterocycles. The Hall–Kier alpha value is -2.76. The largest absolute Gasteiger partial charge is 0.454 e. The van der Waals surface area contributed by atoms with Gasteiger partial charge in [-0.3, -0.25) is 9.59 Å². The number of hydrogen-bond acceptors (Lipinski definition) is 7. The number of esters is 1. The molecule has 0 saturated heterocycles. The topological polar surface area (TPSA) is 145 Å². The Morgan fingerprint density at radius 3 is 2.57 bits per heavy atom. The molecule has 0 fully saturated rings. The zero-order chi connectivity index (χ0) is 20.9. The van der Waals surface area contributed by atoms with Crippen LogP contribution >= 0.6 is 11.3 Å². The molecule has 2 amide bonds. The number of rotatable bonds is 7. The summed E-state index contributed by atoms with van der Waals surface area (Å²) in [7, 11) is -3.94. The molecule has 150 valence electrons. The number of amides is 2. The van der Waals surface area contributed by atoms with E-state index in [2.05, 4.69) is 10.6 Å². The van der Waals surface area contributed by atoms with Crippen molar-refractivity contribution in [1.82, 2.24) is 5.32 Å². The third-order valence-electron chi connectivity index (χ3n) is 3.57. The fourth-order valence-corrected chi connectivity index (χ4v) is 3.61. The molecule has 9 nitrogen and oxygen atoms in total. The minimum absolute atomic E-state index is 0.118. The Morgan fingerprint density at radius 1 is 1.25 bits per heavy atom. The first-order chi connectivity index (χ1) is 13.1. The average molecular weight is 425 g/mol. The van der Waals surface area contributed by atoms with Gasteiger partial charge in [0.1, 0.15) is 6.04 Å². The summed E-state index contributed by atoms with van der Waals surface area (Å²) in [5.74, 6) is -1.87. The fraction of sp³-hybridized carbons (Fsp3) is 0.235. The van der Waals surface area contributed by atoms with E-state index in [9.17, 15) is 22.8 Å². The predicted molar refractivity (Wildman–Crippen MR) is 103 cm³/mol. The number of nitrogens with two attached hydrogens (primary N) is 1. The molecule has 4 N–H and O–H groups in total. The van der Waals surface area contributed by atoms with Gasteiger partial charge < -0.3 is 15.4 Å². The van der Waals surface area contributed by atoms with E-state index in [0.29, 0.717) is 10.4 Å². The zero-order valence-electron chi connectivity index (χ0n) is 15.1. The van der Waals surface area contributed by atoms with Crippen molar-refractivity contribution in [2.24, 2.45) is 5.14 Å². The lowest BCUT2D eigenvalue weighted by Gasteiger charge is -2.13. The van der Waals surface area contributed by atoms with Crippen molar-refractivity contribution < 1.29 is 27.5 Å². The third-order valence-corrected chi connectivity index (χ3v) is 5.49. The van der Waals surface area contributed by atoms with Crippen LogP contribution in [0.5, 0.6) is 0 Å². The minimum atomic E-state index is -3.94. The van der Waals surface area contributed by atoms with E-state index in [1.165, 1.54) is 36.5 Å². The molecular formula is C17H19N3O6S2. The number of thiophene rings is 1. The van der Waals surface area contributed by atoms with Crippen LogP contribution < -0.4 is 15.8 Å². The molecule has 2 rings (SSSR count). The molecule has 0 bridgehead atoms. The van der Waals surface area contributed by atoms with Gasteiger partial charge >= 0.3 is 5.97 Å². The van der Waals surface area contributed by atoms with Crippen molar-refractivity contribution >= 4 is 44.8 Å². The van der Waals surface area contributed by atoms with Crippen molar-refractivity contribution in [3.63, 3.8) is 0 Å². The van der Waals surface area contributed by atoms with Gasteiger partial charge in [-0.2, -0.15) is 0 Å². The minimum Gasteiger partial charge on any atom is -0.454 e. The van der Waals surface area contributed by atoms with Gasteiger partial charge in [-0.1, -0.05) is 12.1 Å². The van der Waals surface area contributed by atoms with Crippen LogP contribution in [-0.2, 0) is 24.3 Å². The molecule has 1 atom stereocenters. The summed E-state index contributed by atoms with van der Waals surface area (Å²) in [6.45, 7) is 2.40. The first kappa shape index (κ1) is 21.5. The highest BCUT2D eigenvalue weighted by Gasteiger charge is 2.20. The Balaban J connectivity index is 1.88. The summed E-state index contributed by atoms with van der Waals surface area (Å²) in [6.07, 6.45) is 0. The summed E-state index contributed by atoms with van der Waals surface area (Å²) in [5.41, 5.74) is 0.622. The Labute approximate surface area is 165 Å². The molecule has 0 aliphatic rings. The maximum Gasteiger partial charge on any atom is 0.328 e. The maximum atomic E-state index is 11.9. The van der Waals surface area contributed by atoms with Crippen LogP contribution in [-0.4, -0.2) is 38.9 Å². The fourth-order valence-electron chi connectivity index (χ4n) is 2.18. The van der Waals surface area contributed by atoms with Crippen LogP contribution in [0.1, 0.15) is 22.2 Å². The Bertz CT molecular complexity index is 986. The number of aryl methyl sites for hydroxylation is 1. The number of anilines is 1. The van der Waals surface area contributed by atoms with Gasteiger partial charge in [0, 0.05) is 5.69 Å². The van der Waals surface area contributed by atoms with E-state index >= 15 is 0 Å². The van der Waals surface area contributed by atoms with E-state index < -0.39 is 40.5 Å². The lowest BCUT2D eigenvalue weighted by Crippen LogP contribution is -2.40.